The van der Waals surface area contributed by atoms with Crippen molar-refractivity contribution in [2.24, 2.45) is 11.8 Å². The molecule has 0 radical (unpaired) electrons. The molecule has 3 saturated carbocycles. The second-order valence-corrected chi connectivity index (χ2v) is 11.1. The van der Waals surface area contributed by atoms with E-state index >= 15 is 0 Å². The van der Waals surface area contributed by atoms with Crippen LogP contribution < -0.4 is 0 Å². The highest BCUT2D eigenvalue weighted by atomic mass is 16.5. The van der Waals surface area contributed by atoms with Gasteiger partial charge in [-0.1, -0.05) is 32.4 Å². The lowest BCUT2D eigenvalue weighted by Crippen LogP contribution is -2.52. The molecule has 0 atom stereocenters. The van der Waals surface area contributed by atoms with Gasteiger partial charge in [-0.3, -0.25) is 4.90 Å². The van der Waals surface area contributed by atoms with Gasteiger partial charge in [0, 0.05) is 30.3 Å². The molecule has 0 aliphatic heterocycles. The van der Waals surface area contributed by atoms with Crippen LogP contribution in [0.5, 0.6) is 0 Å². The van der Waals surface area contributed by atoms with Crippen LogP contribution in [0.15, 0.2) is 25.3 Å². The summed E-state index contributed by atoms with van der Waals surface area (Å²) in [6.07, 6.45) is 24.4. The van der Waals surface area contributed by atoms with Crippen molar-refractivity contribution in [3.05, 3.63) is 25.3 Å². The van der Waals surface area contributed by atoms with Crippen LogP contribution in [0.2, 0.25) is 0 Å². The third-order valence-corrected chi connectivity index (χ3v) is 8.81. The second-order valence-electron chi connectivity index (χ2n) is 11.1. The van der Waals surface area contributed by atoms with Gasteiger partial charge in [-0.25, -0.2) is 9.59 Å². The summed E-state index contributed by atoms with van der Waals surface area (Å²) in [5, 5.41) is 0. The molecule has 0 amide bonds. The fourth-order valence-electron chi connectivity index (χ4n) is 6.94. The molecule has 0 saturated heterocycles. The van der Waals surface area contributed by atoms with E-state index in [1.54, 1.807) is 0 Å². The van der Waals surface area contributed by atoms with E-state index in [0.29, 0.717) is 13.2 Å². The molecule has 35 heavy (non-hydrogen) atoms. The Morgan fingerprint density at radius 1 is 0.629 bits per heavy atom. The Balaban J connectivity index is 1.44. The number of ether oxygens (including phenoxy) is 2. The van der Waals surface area contributed by atoms with Crippen molar-refractivity contribution >= 4 is 11.9 Å². The van der Waals surface area contributed by atoms with Gasteiger partial charge in [-0.15, -0.1) is 0 Å². The number of carbonyl (C=O) groups excluding carboxylic acids is 2. The largest absolute Gasteiger partial charge is 0.463 e. The fraction of sp³-hybridized carbons (Fsp3) is 0.800. The molecule has 3 aliphatic rings. The van der Waals surface area contributed by atoms with Crippen molar-refractivity contribution in [1.29, 1.82) is 0 Å². The topological polar surface area (TPSA) is 55.8 Å². The van der Waals surface area contributed by atoms with Gasteiger partial charge in [0.2, 0.25) is 0 Å². The normalized spacial score (nSPS) is 27.8. The minimum Gasteiger partial charge on any atom is -0.463 e. The predicted molar refractivity (Wildman–Crippen MR) is 141 cm³/mol. The molecule has 3 aliphatic carbocycles. The van der Waals surface area contributed by atoms with Crippen LogP contribution in [0.1, 0.15) is 109 Å². The third-order valence-electron chi connectivity index (χ3n) is 8.81. The summed E-state index contributed by atoms with van der Waals surface area (Å²) >= 11 is 0. The first-order valence-corrected chi connectivity index (χ1v) is 14.5. The smallest absolute Gasteiger partial charge is 0.330 e. The van der Waals surface area contributed by atoms with Crippen LogP contribution in [-0.4, -0.2) is 48.2 Å². The molecule has 0 spiro atoms. The summed E-state index contributed by atoms with van der Waals surface area (Å²) in [7, 11) is 0. The number of hydrogen-bond acceptors (Lipinski definition) is 5. The lowest BCUT2D eigenvalue weighted by molar-refractivity contribution is -0.138. The number of carbonyl (C=O) groups is 2. The highest BCUT2D eigenvalue weighted by molar-refractivity contribution is 5.81. The summed E-state index contributed by atoms with van der Waals surface area (Å²) in [5.41, 5.74) is 0. The van der Waals surface area contributed by atoms with E-state index in [0.717, 1.165) is 42.8 Å². The SMILES string of the molecule is C=CC(=O)OCCCC1CCC(N(C2CCCCC2)C2CCC(CCCOC(=O)C=C)CC2)CC1. The Bertz CT molecular complexity index is 607. The van der Waals surface area contributed by atoms with Crippen molar-refractivity contribution < 1.29 is 19.1 Å². The molecule has 0 aromatic rings. The van der Waals surface area contributed by atoms with E-state index in [9.17, 15) is 9.59 Å². The molecule has 0 bridgehead atoms. The summed E-state index contributed by atoms with van der Waals surface area (Å²) in [6, 6.07) is 2.31. The van der Waals surface area contributed by atoms with Crippen molar-refractivity contribution in [1.82, 2.24) is 4.90 Å². The summed E-state index contributed by atoms with van der Waals surface area (Å²) in [4.78, 5) is 25.5. The number of nitrogens with zero attached hydrogens (tertiary/aromatic N) is 1. The zero-order chi connectivity index (χ0) is 24.9. The Hall–Kier alpha value is -1.62. The lowest BCUT2D eigenvalue weighted by atomic mass is 9.77. The maximum atomic E-state index is 11.2. The molecule has 3 rings (SSSR count). The maximum Gasteiger partial charge on any atom is 0.330 e. The minimum absolute atomic E-state index is 0.303. The molecule has 0 N–H and O–H groups in total. The van der Waals surface area contributed by atoms with Crippen molar-refractivity contribution in [2.45, 2.75) is 127 Å². The van der Waals surface area contributed by atoms with Crippen molar-refractivity contribution in [3.8, 4) is 0 Å². The van der Waals surface area contributed by atoms with Gasteiger partial charge in [-0.05, 0) is 102 Å². The first-order chi connectivity index (χ1) is 17.1. The quantitative estimate of drug-likeness (QED) is 0.163. The standard InChI is InChI=1S/C30H49NO4/c1-3-29(32)34-22-8-10-24-14-18-27(19-15-24)31(26-12-6-5-7-13-26)28-20-16-25(17-21-28)11-9-23-35-30(33)4-2/h3-4,24-28H,1-2,5-23H2. The summed E-state index contributed by atoms with van der Waals surface area (Å²) in [5.74, 6) is 0.964. The maximum absolute atomic E-state index is 11.2. The molecule has 0 aromatic carbocycles. The van der Waals surface area contributed by atoms with Crippen LogP contribution in [0, 0.1) is 11.8 Å². The van der Waals surface area contributed by atoms with Crippen LogP contribution in [0.3, 0.4) is 0 Å². The zero-order valence-corrected chi connectivity index (χ0v) is 22.0. The average Bonchev–Trinajstić information content (AvgIpc) is 2.91. The predicted octanol–water partition coefficient (Wildman–Crippen LogP) is 6.76. The van der Waals surface area contributed by atoms with Gasteiger partial charge < -0.3 is 9.47 Å². The second kappa shape index (κ2) is 15.5. The monoisotopic (exact) mass is 487 g/mol. The molecular formula is C30H49NO4. The Kier molecular flexibility index (Phi) is 12.4. The van der Waals surface area contributed by atoms with Crippen LogP contribution >= 0.6 is 0 Å². The van der Waals surface area contributed by atoms with E-state index in [1.165, 1.54) is 108 Å². The fourth-order valence-corrected chi connectivity index (χ4v) is 6.94. The van der Waals surface area contributed by atoms with Crippen LogP contribution in [0.25, 0.3) is 0 Å². The highest BCUT2D eigenvalue weighted by Gasteiger charge is 2.37. The Morgan fingerprint density at radius 3 is 1.43 bits per heavy atom. The number of hydrogen-bond donors (Lipinski definition) is 0. The first-order valence-electron chi connectivity index (χ1n) is 14.5. The minimum atomic E-state index is -0.303. The average molecular weight is 488 g/mol. The molecular weight excluding hydrogens is 438 g/mol. The van der Waals surface area contributed by atoms with Gasteiger partial charge in [0.25, 0.3) is 0 Å². The first kappa shape index (κ1) is 28.0. The van der Waals surface area contributed by atoms with Gasteiger partial charge in [-0.2, -0.15) is 0 Å². The molecule has 5 nitrogen and oxygen atoms in total. The Morgan fingerprint density at radius 2 is 1.03 bits per heavy atom. The van der Waals surface area contributed by atoms with E-state index in [2.05, 4.69) is 18.1 Å². The van der Waals surface area contributed by atoms with Gasteiger partial charge in [0.1, 0.15) is 0 Å². The molecule has 0 unspecified atom stereocenters. The van der Waals surface area contributed by atoms with Crippen molar-refractivity contribution in [2.75, 3.05) is 13.2 Å². The lowest BCUT2D eigenvalue weighted by Gasteiger charge is -2.49. The highest BCUT2D eigenvalue weighted by Crippen LogP contribution is 2.39. The van der Waals surface area contributed by atoms with Gasteiger partial charge in [0.15, 0.2) is 0 Å². The van der Waals surface area contributed by atoms with Crippen molar-refractivity contribution in [3.63, 3.8) is 0 Å². The van der Waals surface area contributed by atoms with E-state index < -0.39 is 0 Å². The molecule has 0 heterocycles. The molecule has 0 aromatic heterocycles. The number of rotatable bonds is 13. The molecule has 198 valence electrons. The number of esters is 2. The van der Waals surface area contributed by atoms with E-state index in [1.807, 2.05) is 0 Å². The van der Waals surface area contributed by atoms with E-state index in [-0.39, 0.29) is 11.9 Å². The van der Waals surface area contributed by atoms with E-state index in [4.69, 9.17) is 9.47 Å². The third kappa shape index (κ3) is 9.40. The zero-order valence-electron chi connectivity index (χ0n) is 22.0. The molecule has 5 heteroatoms. The van der Waals surface area contributed by atoms with Crippen LogP contribution in [0.4, 0.5) is 0 Å². The Labute approximate surface area is 213 Å². The molecule has 3 fully saturated rings. The van der Waals surface area contributed by atoms with Crippen LogP contribution in [-0.2, 0) is 19.1 Å². The summed E-state index contributed by atoms with van der Waals surface area (Å²) < 4.78 is 10.3. The summed E-state index contributed by atoms with van der Waals surface area (Å²) in [6.45, 7) is 7.98. The van der Waals surface area contributed by atoms with Gasteiger partial charge in [0.05, 0.1) is 13.2 Å². The van der Waals surface area contributed by atoms with Gasteiger partial charge >= 0.3 is 11.9 Å².